The van der Waals surface area contributed by atoms with Crippen molar-refractivity contribution in [2.45, 2.75) is 27.2 Å². The number of hydrogen-bond acceptors (Lipinski definition) is 2. The molecule has 0 aliphatic rings. The summed E-state index contributed by atoms with van der Waals surface area (Å²) in [6.07, 6.45) is 2.99. The zero-order valence-corrected chi connectivity index (χ0v) is 9.99. The van der Waals surface area contributed by atoms with E-state index in [-0.39, 0.29) is 6.79 Å². The molecule has 5 N–H and O–H groups in total. The second-order valence-corrected chi connectivity index (χ2v) is 3.81. The van der Waals surface area contributed by atoms with Crippen LogP contribution in [0.25, 0.3) is 0 Å². The normalized spacial score (nSPS) is 16.4. The Balaban J connectivity index is 3.73. The highest BCUT2D eigenvalue weighted by Crippen LogP contribution is 2.14. The Morgan fingerprint density at radius 3 is 2.73 bits per heavy atom. The van der Waals surface area contributed by atoms with Crippen LogP contribution in [0.15, 0.2) is 11.8 Å². The van der Waals surface area contributed by atoms with E-state index in [1.165, 1.54) is 0 Å². The Morgan fingerprint density at radius 2 is 2.20 bits per heavy atom. The predicted octanol–water partition coefficient (Wildman–Crippen LogP) is 0.695. The zero-order chi connectivity index (χ0) is 11.7. The summed E-state index contributed by atoms with van der Waals surface area (Å²) in [7, 11) is 0. The topological polar surface area (TPSA) is 70.9 Å². The Labute approximate surface area is 92.1 Å². The van der Waals surface area contributed by atoms with Gasteiger partial charge in [-0.1, -0.05) is 26.8 Å². The van der Waals surface area contributed by atoms with Gasteiger partial charge in [0.2, 0.25) is 0 Å². The minimum Gasteiger partial charge on any atom is -0.402 e. The van der Waals surface area contributed by atoms with Crippen LogP contribution < -0.4 is 5.73 Å². The highest BCUT2D eigenvalue weighted by Gasteiger charge is 2.10. The molecule has 90 valence electrons. The van der Waals surface area contributed by atoms with Crippen molar-refractivity contribution in [2.75, 3.05) is 20.2 Å². The van der Waals surface area contributed by atoms with Crippen LogP contribution in [0.1, 0.15) is 27.2 Å². The third-order valence-corrected chi connectivity index (χ3v) is 2.46. The van der Waals surface area contributed by atoms with Gasteiger partial charge in [0.1, 0.15) is 0 Å². The summed E-state index contributed by atoms with van der Waals surface area (Å²) in [5.74, 6) is 0.844. The van der Waals surface area contributed by atoms with Crippen LogP contribution in [0.2, 0.25) is 0 Å². The first kappa shape index (κ1) is 14.4. The monoisotopic (exact) mass is 219 g/mol. The Kier molecular flexibility index (Phi) is 8.37. The van der Waals surface area contributed by atoms with Gasteiger partial charge in [0, 0.05) is 5.70 Å². The first-order chi connectivity index (χ1) is 7.11. The molecule has 0 spiro atoms. The number of aliphatic hydroxyl groups is 2. The quantitative estimate of drug-likeness (QED) is 0.371. The van der Waals surface area contributed by atoms with Gasteiger partial charge in [-0.2, -0.15) is 0 Å². The predicted molar refractivity (Wildman–Crippen MR) is 62.4 cm³/mol. The van der Waals surface area contributed by atoms with Gasteiger partial charge < -0.3 is 20.3 Å². The molecule has 0 heterocycles. The Bertz CT molecular complexity index is 183. The van der Waals surface area contributed by atoms with Crippen molar-refractivity contribution in [1.82, 2.24) is 0 Å². The first-order valence-electron chi connectivity index (χ1n) is 5.43. The highest BCUT2D eigenvalue weighted by atomic mass is 16.7. The van der Waals surface area contributed by atoms with E-state index in [2.05, 4.69) is 24.7 Å². The van der Waals surface area contributed by atoms with Crippen LogP contribution in [0, 0.1) is 11.8 Å². The summed E-state index contributed by atoms with van der Waals surface area (Å²) < 4.78 is 9.10. The molecule has 0 aliphatic carbocycles. The van der Waals surface area contributed by atoms with Gasteiger partial charge in [-0.15, -0.1) is 0 Å². The van der Waals surface area contributed by atoms with Crippen LogP contribution in [-0.2, 0) is 4.74 Å². The van der Waals surface area contributed by atoms with Crippen LogP contribution >= 0.6 is 0 Å². The molecule has 15 heavy (non-hydrogen) atoms. The average molecular weight is 219 g/mol. The van der Waals surface area contributed by atoms with E-state index in [0.717, 1.165) is 12.1 Å². The lowest BCUT2D eigenvalue weighted by Gasteiger charge is -2.16. The van der Waals surface area contributed by atoms with Gasteiger partial charge in [-0.25, -0.2) is 0 Å². The molecule has 4 heteroatoms. The lowest BCUT2D eigenvalue weighted by Crippen LogP contribution is -2.17. The number of nitrogens with two attached hydrogens (primary N) is 1. The van der Waals surface area contributed by atoms with Gasteiger partial charge in [-0.05, 0) is 18.3 Å². The minimum absolute atomic E-state index is 0.0760. The molecule has 0 aromatic heterocycles. The molecule has 0 amide bonds. The second-order valence-electron chi connectivity index (χ2n) is 3.81. The van der Waals surface area contributed by atoms with Gasteiger partial charge in [0.05, 0.1) is 6.61 Å². The SMILES string of the molecule is CC/C(N)=C\[C@@H](C)[C@H](C)COC[OH+]C[OH2+]. The zero-order valence-electron chi connectivity index (χ0n) is 9.99. The standard InChI is InChI=1S/C11H23NO3/c1-4-11(12)5-9(2)10(3)6-14-8-15-7-13/h5,9-10,13H,4,6-8,12H2,1-3H3/p+2/b11-5+/t9-,10-/m1/s1. The van der Waals surface area contributed by atoms with Crippen molar-refractivity contribution >= 4 is 0 Å². The van der Waals surface area contributed by atoms with E-state index in [1.54, 1.807) is 0 Å². The van der Waals surface area contributed by atoms with Crippen LogP contribution in [-0.4, -0.2) is 30.0 Å². The molecule has 0 radical (unpaired) electrons. The molecular formula is C11H25NO3+2. The average Bonchev–Trinajstić information content (AvgIpc) is 2.23. The lowest BCUT2D eigenvalue weighted by atomic mass is 9.95. The first-order valence-corrected chi connectivity index (χ1v) is 5.43. The smallest absolute Gasteiger partial charge is 0.349 e. The van der Waals surface area contributed by atoms with E-state index in [1.807, 2.05) is 6.92 Å². The van der Waals surface area contributed by atoms with E-state index in [4.69, 9.17) is 15.6 Å². The number of ether oxygens (including phenoxy) is 2. The van der Waals surface area contributed by atoms with Crippen LogP contribution in [0.4, 0.5) is 0 Å². The summed E-state index contributed by atoms with van der Waals surface area (Å²) >= 11 is 0. The molecule has 0 rings (SSSR count). The molecular weight excluding hydrogens is 194 g/mol. The summed E-state index contributed by atoms with van der Waals surface area (Å²) in [5.41, 5.74) is 6.70. The van der Waals surface area contributed by atoms with Crippen LogP contribution in [0.5, 0.6) is 0 Å². The summed E-state index contributed by atoms with van der Waals surface area (Å²) in [4.78, 5) is 0. The number of rotatable bonds is 8. The lowest BCUT2D eigenvalue weighted by molar-refractivity contribution is -0.216. The van der Waals surface area contributed by atoms with E-state index in [9.17, 15) is 0 Å². The summed E-state index contributed by atoms with van der Waals surface area (Å²) in [5, 5.41) is 6.82. The van der Waals surface area contributed by atoms with Crippen molar-refractivity contribution in [3.63, 3.8) is 0 Å². The molecule has 0 saturated heterocycles. The molecule has 4 nitrogen and oxygen atoms in total. The van der Waals surface area contributed by atoms with E-state index >= 15 is 0 Å². The molecule has 0 aromatic carbocycles. The molecule has 0 fully saturated rings. The van der Waals surface area contributed by atoms with Gasteiger partial charge >= 0.3 is 6.79 Å². The maximum atomic E-state index is 6.82. The third-order valence-electron chi connectivity index (χ3n) is 2.46. The summed E-state index contributed by atoms with van der Waals surface area (Å²) in [6, 6.07) is 0. The Morgan fingerprint density at radius 1 is 1.53 bits per heavy atom. The van der Waals surface area contributed by atoms with Crippen molar-refractivity contribution < 1.29 is 14.6 Å². The molecule has 0 unspecified atom stereocenters. The second kappa shape index (κ2) is 8.71. The van der Waals surface area contributed by atoms with E-state index in [0.29, 0.717) is 25.2 Å². The highest BCUT2D eigenvalue weighted by molar-refractivity contribution is 4.98. The van der Waals surface area contributed by atoms with Gasteiger partial charge in [-0.3, -0.25) is 0 Å². The summed E-state index contributed by atoms with van der Waals surface area (Å²) in [6.45, 7) is 7.38. The fourth-order valence-corrected chi connectivity index (χ4v) is 1.12. The fourth-order valence-electron chi connectivity index (χ4n) is 1.12. The largest absolute Gasteiger partial charge is 0.402 e. The third kappa shape index (κ3) is 7.36. The van der Waals surface area contributed by atoms with Crippen molar-refractivity contribution in [2.24, 2.45) is 17.6 Å². The fraction of sp³-hybridized carbons (Fsp3) is 0.818. The molecule has 0 saturated carbocycles. The Hall–Kier alpha value is -0.580. The van der Waals surface area contributed by atoms with Crippen molar-refractivity contribution in [3.8, 4) is 0 Å². The number of allylic oxidation sites excluding steroid dienone is 2. The maximum Gasteiger partial charge on any atom is 0.349 e. The molecule has 0 aliphatic heterocycles. The van der Waals surface area contributed by atoms with Crippen LogP contribution in [0.3, 0.4) is 0 Å². The molecule has 0 bridgehead atoms. The van der Waals surface area contributed by atoms with Crippen molar-refractivity contribution in [3.05, 3.63) is 11.8 Å². The van der Waals surface area contributed by atoms with Crippen molar-refractivity contribution in [1.29, 1.82) is 0 Å². The molecule has 2 atom stereocenters. The maximum absolute atomic E-state index is 6.82. The van der Waals surface area contributed by atoms with E-state index < -0.39 is 0 Å². The van der Waals surface area contributed by atoms with Gasteiger partial charge in [0.15, 0.2) is 0 Å². The number of hydrogen-bond donors (Lipinski definition) is 1. The van der Waals surface area contributed by atoms with Gasteiger partial charge in [0.25, 0.3) is 6.79 Å². The molecule has 0 aromatic rings. The minimum atomic E-state index is 0.0760.